The smallest absolute Gasteiger partial charge is 0.321 e. The second-order valence-electron chi connectivity index (χ2n) is 10.0. The topological polar surface area (TPSA) is 83.1 Å². The van der Waals surface area contributed by atoms with Crippen LogP contribution in [0.1, 0.15) is 58.4 Å². The number of hydrogen-bond donors (Lipinski definition) is 3. The zero-order valence-corrected chi connectivity index (χ0v) is 23.0. The number of piperidine rings is 1. The van der Waals surface area contributed by atoms with Gasteiger partial charge >= 0.3 is 6.03 Å². The summed E-state index contributed by atoms with van der Waals surface area (Å²) < 4.78 is 25.8. The lowest BCUT2D eigenvalue weighted by molar-refractivity contribution is -0.0580. The van der Waals surface area contributed by atoms with E-state index in [0.717, 1.165) is 18.5 Å². The van der Waals surface area contributed by atoms with Gasteiger partial charge in [-0.15, -0.1) is 0 Å². The van der Waals surface area contributed by atoms with Crippen molar-refractivity contribution in [3.8, 4) is 5.75 Å². The van der Waals surface area contributed by atoms with Crippen LogP contribution >= 0.6 is 0 Å². The van der Waals surface area contributed by atoms with Crippen molar-refractivity contribution >= 4 is 6.03 Å². The number of aliphatic hydroxyl groups is 1. The highest BCUT2D eigenvalue weighted by Crippen LogP contribution is 2.43. The number of unbranched alkanes of at least 4 members (excludes halogenated alkanes) is 1. The lowest BCUT2D eigenvalue weighted by Crippen LogP contribution is -2.51. The lowest BCUT2D eigenvalue weighted by atomic mass is 9.73. The average molecular weight is 520 g/mol. The molecule has 1 saturated heterocycles. The van der Waals surface area contributed by atoms with E-state index in [1.807, 2.05) is 20.0 Å². The van der Waals surface area contributed by atoms with Crippen molar-refractivity contribution in [2.45, 2.75) is 58.5 Å². The van der Waals surface area contributed by atoms with Crippen molar-refractivity contribution in [1.82, 2.24) is 15.5 Å². The summed E-state index contributed by atoms with van der Waals surface area (Å²) in [5, 5.41) is 18.4. The Hall–Kier alpha value is -2.42. The lowest BCUT2D eigenvalue weighted by Gasteiger charge is -2.43. The van der Waals surface area contributed by atoms with Crippen LogP contribution in [-0.2, 0) is 10.3 Å². The summed E-state index contributed by atoms with van der Waals surface area (Å²) in [6, 6.07) is 4.08. The van der Waals surface area contributed by atoms with E-state index in [9.17, 15) is 14.3 Å². The molecule has 1 aromatic rings. The van der Waals surface area contributed by atoms with Gasteiger partial charge in [-0.2, -0.15) is 0 Å². The van der Waals surface area contributed by atoms with Gasteiger partial charge in [0.05, 0.1) is 5.60 Å². The highest BCUT2D eigenvalue weighted by Gasteiger charge is 2.43. The minimum absolute atomic E-state index is 0.187. The van der Waals surface area contributed by atoms with E-state index in [1.165, 1.54) is 12.1 Å². The van der Waals surface area contributed by atoms with Crippen LogP contribution in [0.2, 0.25) is 0 Å². The number of likely N-dealkylation sites (N-methyl/N-ethyl adjacent to an activating group) is 1. The molecule has 3 N–H and O–H groups in total. The number of benzene rings is 1. The van der Waals surface area contributed by atoms with Crippen molar-refractivity contribution in [2.75, 3.05) is 46.5 Å². The summed E-state index contributed by atoms with van der Waals surface area (Å²) in [6.45, 7) is 12.8. The normalized spacial score (nSPS) is 18.0. The number of hydrogen-bond acceptors (Lipinski definition) is 5. The first-order chi connectivity index (χ1) is 17.7. The largest absolute Gasteiger partial charge is 0.489 e. The van der Waals surface area contributed by atoms with E-state index in [-0.39, 0.29) is 18.6 Å². The predicted molar refractivity (Wildman–Crippen MR) is 146 cm³/mol. The number of amides is 2. The Morgan fingerprint density at radius 3 is 2.84 bits per heavy atom. The molecule has 2 rings (SSSR count). The summed E-state index contributed by atoms with van der Waals surface area (Å²) in [5.41, 5.74) is -0.125. The first-order valence-electron chi connectivity index (χ1n) is 13.5. The summed E-state index contributed by atoms with van der Waals surface area (Å²) in [5.74, 6) is 0.0105. The van der Waals surface area contributed by atoms with Crippen LogP contribution in [-0.4, -0.2) is 62.5 Å². The SMILES string of the molecule is C=CCOc1ccc(F)cc1[C@](O)(CCCCOCC)[C@@H]1CCCN(C(=O)N/C(=C\C(C)C)CNC)C1. The molecule has 2 atom stereocenters. The standard InChI is InChI=1S/C29H46FN3O4/c1-6-16-37-27-13-12-24(30)19-26(27)29(35,14-8-9-17-36-7-2)23-11-10-15-33(21-23)28(34)32-25(20-31-5)18-22(3)4/h6,12-13,18-19,22-23,31,35H,1,7-11,14-17,20-21H2,2-5H3,(H,32,34)/b25-18-/t23-,29+/m1/s1. The minimum atomic E-state index is -1.37. The second kappa shape index (κ2) is 15.7. The molecule has 1 aliphatic rings. The van der Waals surface area contributed by atoms with Gasteiger partial charge in [-0.3, -0.25) is 0 Å². The number of rotatable bonds is 15. The van der Waals surface area contributed by atoms with Crippen molar-refractivity contribution in [3.63, 3.8) is 0 Å². The monoisotopic (exact) mass is 519 g/mol. The van der Waals surface area contributed by atoms with Gasteiger partial charge < -0.3 is 30.1 Å². The molecule has 8 heteroatoms. The van der Waals surface area contributed by atoms with E-state index in [0.29, 0.717) is 69.3 Å². The third kappa shape index (κ3) is 9.43. The van der Waals surface area contributed by atoms with E-state index < -0.39 is 11.4 Å². The molecule has 0 aromatic heterocycles. The van der Waals surface area contributed by atoms with Gasteiger partial charge in [0.25, 0.3) is 0 Å². The number of halogens is 1. The fourth-order valence-electron chi connectivity index (χ4n) is 4.92. The number of likely N-dealkylation sites (tertiary alicyclic amines) is 1. The van der Waals surface area contributed by atoms with Crippen LogP contribution in [0.5, 0.6) is 5.75 Å². The maximum atomic E-state index is 14.5. The molecular weight excluding hydrogens is 473 g/mol. The third-order valence-corrected chi connectivity index (χ3v) is 6.62. The van der Waals surface area contributed by atoms with Gasteiger partial charge in [0, 0.05) is 50.0 Å². The molecular formula is C29H46FN3O4. The van der Waals surface area contributed by atoms with E-state index in [2.05, 4.69) is 31.1 Å². The van der Waals surface area contributed by atoms with E-state index in [4.69, 9.17) is 9.47 Å². The summed E-state index contributed by atoms with van der Waals surface area (Å²) in [6.07, 6.45) is 6.99. The molecule has 0 saturated carbocycles. The molecule has 0 bridgehead atoms. The Morgan fingerprint density at radius 2 is 2.16 bits per heavy atom. The van der Waals surface area contributed by atoms with Crippen LogP contribution in [0.15, 0.2) is 42.6 Å². The van der Waals surface area contributed by atoms with Crippen LogP contribution < -0.4 is 15.4 Å². The van der Waals surface area contributed by atoms with E-state index >= 15 is 0 Å². The highest BCUT2D eigenvalue weighted by molar-refractivity contribution is 5.76. The Labute approximate surface area is 222 Å². The van der Waals surface area contributed by atoms with Gasteiger partial charge in [0.1, 0.15) is 18.2 Å². The van der Waals surface area contributed by atoms with Crippen molar-refractivity contribution in [1.29, 1.82) is 0 Å². The Balaban J connectivity index is 2.32. The number of allylic oxidation sites excluding steroid dienone is 1. The molecule has 1 aliphatic heterocycles. The maximum Gasteiger partial charge on any atom is 0.321 e. The number of carbonyl (C=O) groups is 1. The molecule has 1 heterocycles. The first-order valence-corrected chi connectivity index (χ1v) is 13.5. The minimum Gasteiger partial charge on any atom is -0.489 e. The summed E-state index contributed by atoms with van der Waals surface area (Å²) >= 11 is 0. The fourth-order valence-corrected chi connectivity index (χ4v) is 4.92. The van der Waals surface area contributed by atoms with Gasteiger partial charge in [-0.25, -0.2) is 9.18 Å². The van der Waals surface area contributed by atoms with Crippen molar-refractivity contribution in [3.05, 3.63) is 54.0 Å². The number of urea groups is 1. The molecule has 1 aromatic carbocycles. The molecule has 37 heavy (non-hydrogen) atoms. The third-order valence-electron chi connectivity index (χ3n) is 6.62. The molecule has 0 spiro atoms. The van der Waals surface area contributed by atoms with Crippen molar-refractivity contribution in [2.24, 2.45) is 11.8 Å². The average Bonchev–Trinajstić information content (AvgIpc) is 2.87. The molecule has 0 aliphatic carbocycles. The van der Waals surface area contributed by atoms with Crippen LogP contribution in [0.25, 0.3) is 0 Å². The van der Waals surface area contributed by atoms with Gasteiger partial charge in [0.15, 0.2) is 0 Å². The maximum absolute atomic E-state index is 14.5. The summed E-state index contributed by atoms with van der Waals surface area (Å²) in [7, 11) is 1.84. The Kier molecular flexibility index (Phi) is 13.1. The number of carbonyl (C=O) groups excluding carboxylic acids is 1. The molecule has 2 amide bonds. The van der Waals surface area contributed by atoms with Crippen LogP contribution in [0.4, 0.5) is 9.18 Å². The Bertz CT molecular complexity index is 892. The zero-order valence-electron chi connectivity index (χ0n) is 23.0. The predicted octanol–water partition coefficient (Wildman–Crippen LogP) is 4.97. The number of ether oxygens (including phenoxy) is 2. The zero-order chi connectivity index (χ0) is 27.3. The highest BCUT2D eigenvalue weighted by atomic mass is 19.1. The molecule has 1 fully saturated rings. The van der Waals surface area contributed by atoms with Crippen LogP contribution in [0, 0.1) is 17.7 Å². The van der Waals surface area contributed by atoms with Gasteiger partial charge in [-0.05, 0) is 70.2 Å². The summed E-state index contributed by atoms with van der Waals surface area (Å²) in [4.78, 5) is 15.0. The first kappa shape index (κ1) is 30.8. The number of nitrogens with one attached hydrogen (secondary N) is 2. The van der Waals surface area contributed by atoms with Crippen molar-refractivity contribution < 1.29 is 23.8 Å². The second-order valence-corrected chi connectivity index (χ2v) is 10.0. The molecule has 208 valence electrons. The quantitative estimate of drug-likeness (QED) is 0.225. The van der Waals surface area contributed by atoms with Gasteiger partial charge in [-0.1, -0.05) is 32.6 Å². The van der Waals surface area contributed by atoms with Gasteiger partial charge in [0.2, 0.25) is 0 Å². The molecule has 0 radical (unpaired) electrons. The molecule has 7 nitrogen and oxygen atoms in total. The van der Waals surface area contributed by atoms with Crippen LogP contribution in [0.3, 0.4) is 0 Å². The molecule has 0 unspecified atom stereocenters. The fraction of sp³-hybridized carbons (Fsp3) is 0.621. The van der Waals surface area contributed by atoms with E-state index in [1.54, 1.807) is 17.0 Å². The number of nitrogens with zero attached hydrogens (tertiary/aromatic N) is 1. The Morgan fingerprint density at radius 1 is 1.38 bits per heavy atom.